The molecule has 0 aliphatic carbocycles. The second kappa shape index (κ2) is 4.42. The Morgan fingerprint density at radius 1 is 1.33 bits per heavy atom. The van der Waals surface area contributed by atoms with E-state index in [0.29, 0.717) is 17.4 Å². The number of aryl methyl sites for hydroxylation is 1. The lowest BCUT2D eigenvalue weighted by Crippen LogP contribution is -2.21. The Hall–Kier alpha value is -1.88. The van der Waals surface area contributed by atoms with Crippen LogP contribution in [-0.2, 0) is 10.3 Å². The summed E-state index contributed by atoms with van der Waals surface area (Å²) < 4.78 is 10.6. The number of anilines is 1. The second-order valence-corrected chi connectivity index (χ2v) is 4.68. The van der Waals surface area contributed by atoms with Gasteiger partial charge in [0.1, 0.15) is 5.60 Å². The van der Waals surface area contributed by atoms with Crippen molar-refractivity contribution >= 4 is 5.69 Å². The molecule has 0 bridgehead atoms. The summed E-state index contributed by atoms with van der Waals surface area (Å²) in [5.74, 6) is 0.924. The van der Waals surface area contributed by atoms with Crippen molar-refractivity contribution in [1.82, 2.24) is 10.1 Å². The smallest absolute Gasteiger partial charge is 0.260 e. The number of ether oxygens (including phenoxy) is 1. The number of aromatic nitrogens is 2. The number of hydrogen-bond donors (Lipinski definition) is 1. The van der Waals surface area contributed by atoms with E-state index in [1.165, 1.54) is 0 Å². The van der Waals surface area contributed by atoms with Crippen LogP contribution in [0.25, 0.3) is 11.5 Å². The molecule has 0 aliphatic heterocycles. The molecule has 0 fully saturated rings. The molecule has 0 saturated carbocycles. The lowest BCUT2D eigenvalue weighted by atomic mass is 10.1. The van der Waals surface area contributed by atoms with Gasteiger partial charge in [0.2, 0.25) is 5.82 Å². The summed E-state index contributed by atoms with van der Waals surface area (Å²) in [7, 11) is 1.61. The van der Waals surface area contributed by atoms with Crippen LogP contribution >= 0.6 is 0 Å². The van der Waals surface area contributed by atoms with Gasteiger partial charge in [0.25, 0.3) is 5.89 Å². The van der Waals surface area contributed by atoms with Gasteiger partial charge in [-0.25, -0.2) is 0 Å². The van der Waals surface area contributed by atoms with Gasteiger partial charge < -0.3 is 15.0 Å². The fourth-order valence-electron chi connectivity index (χ4n) is 1.64. The third-order valence-electron chi connectivity index (χ3n) is 2.99. The normalized spacial score (nSPS) is 11.8. The first-order valence-corrected chi connectivity index (χ1v) is 5.70. The van der Waals surface area contributed by atoms with Gasteiger partial charge >= 0.3 is 0 Å². The molecular formula is C13H17N3O2. The summed E-state index contributed by atoms with van der Waals surface area (Å²) in [4.78, 5) is 4.36. The second-order valence-electron chi connectivity index (χ2n) is 4.68. The topological polar surface area (TPSA) is 74.2 Å². The van der Waals surface area contributed by atoms with E-state index in [-0.39, 0.29) is 0 Å². The van der Waals surface area contributed by atoms with Gasteiger partial charge in [-0.1, -0.05) is 17.3 Å². The minimum Gasteiger partial charge on any atom is -0.398 e. The van der Waals surface area contributed by atoms with Crippen LogP contribution in [0.2, 0.25) is 0 Å². The van der Waals surface area contributed by atoms with Gasteiger partial charge in [0.05, 0.1) is 5.56 Å². The molecule has 2 rings (SSSR count). The lowest BCUT2D eigenvalue weighted by molar-refractivity contribution is 0.00973. The first-order valence-electron chi connectivity index (χ1n) is 5.70. The van der Waals surface area contributed by atoms with Gasteiger partial charge in [-0.2, -0.15) is 4.98 Å². The van der Waals surface area contributed by atoms with Crippen molar-refractivity contribution in [2.24, 2.45) is 0 Å². The van der Waals surface area contributed by atoms with Crippen LogP contribution in [0.5, 0.6) is 0 Å². The van der Waals surface area contributed by atoms with Gasteiger partial charge in [0, 0.05) is 12.8 Å². The average molecular weight is 247 g/mol. The molecule has 5 nitrogen and oxygen atoms in total. The van der Waals surface area contributed by atoms with E-state index in [0.717, 1.165) is 11.1 Å². The highest BCUT2D eigenvalue weighted by Gasteiger charge is 2.27. The molecule has 5 heteroatoms. The van der Waals surface area contributed by atoms with Crippen molar-refractivity contribution in [1.29, 1.82) is 0 Å². The van der Waals surface area contributed by atoms with Crippen LogP contribution in [0.3, 0.4) is 0 Å². The summed E-state index contributed by atoms with van der Waals surface area (Å²) in [6, 6.07) is 5.66. The van der Waals surface area contributed by atoms with Crippen LogP contribution in [0.15, 0.2) is 22.7 Å². The molecule has 0 atom stereocenters. The summed E-state index contributed by atoms with van der Waals surface area (Å²) in [6.07, 6.45) is 0. The van der Waals surface area contributed by atoms with Gasteiger partial charge in [-0.15, -0.1) is 0 Å². The molecule has 18 heavy (non-hydrogen) atoms. The molecule has 0 unspecified atom stereocenters. The number of nitrogens with two attached hydrogens (primary N) is 1. The molecule has 1 aromatic heterocycles. The fourth-order valence-corrected chi connectivity index (χ4v) is 1.64. The number of benzene rings is 1. The molecule has 0 aliphatic rings. The summed E-state index contributed by atoms with van der Waals surface area (Å²) >= 11 is 0. The van der Waals surface area contributed by atoms with E-state index in [1.54, 1.807) is 7.11 Å². The van der Waals surface area contributed by atoms with Crippen LogP contribution in [-0.4, -0.2) is 17.3 Å². The van der Waals surface area contributed by atoms with E-state index < -0.39 is 5.60 Å². The zero-order valence-corrected chi connectivity index (χ0v) is 11.0. The van der Waals surface area contributed by atoms with E-state index in [9.17, 15) is 0 Å². The third-order valence-corrected chi connectivity index (χ3v) is 2.99. The summed E-state index contributed by atoms with van der Waals surface area (Å²) in [6.45, 7) is 5.71. The predicted molar refractivity (Wildman–Crippen MR) is 68.9 cm³/mol. The maximum atomic E-state index is 5.95. The molecule has 0 spiro atoms. The summed E-state index contributed by atoms with van der Waals surface area (Å²) in [5.41, 5.74) is 7.77. The highest BCUT2D eigenvalue weighted by molar-refractivity contribution is 5.73. The van der Waals surface area contributed by atoms with Crippen molar-refractivity contribution in [3.63, 3.8) is 0 Å². The van der Waals surface area contributed by atoms with Crippen molar-refractivity contribution in [3.8, 4) is 11.5 Å². The standard InChI is InChI=1S/C13H17N3O2/c1-8-6-5-7-9(14)10(8)11-15-12(16-18-11)13(2,3)17-4/h5-7H,14H2,1-4H3. The lowest BCUT2D eigenvalue weighted by Gasteiger charge is -2.17. The highest BCUT2D eigenvalue weighted by Crippen LogP contribution is 2.30. The largest absolute Gasteiger partial charge is 0.398 e. The van der Waals surface area contributed by atoms with Gasteiger partial charge in [-0.05, 0) is 32.4 Å². The fraction of sp³-hybridized carbons (Fsp3) is 0.385. The van der Waals surface area contributed by atoms with Crippen molar-refractivity contribution < 1.29 is 9.26 Å². The van der Waals surface area contributed by atoms with E-state index >= 15 is 0 Å². The number of nitrogen functional groups attached to an aromatic ring is 1. The van der Waals surface area contributed by atoms with Crippen molar-refractivity contribution in [2.75, 3.05) is 12.8 Å². The maximum Gasteiger partial charge on any atom is 0.260 e. The minimum absolute atomic E-state index is 0.422. The molecule has 0 amide bonds. The number of nitrogens with zero attached hydrogens (tertiary/aromatic N) is 2. The number of hydrogen-bond acceptors (Lipinski definition) is 5. The van der Waals surface area contributed by atoms with Crippen molar-refractivity contribution in [2.45, 2.75) is 26.4 Å². The Labute approximate surface area is 106 Å². The molecule has 0 saturated heterocycles. The third kappa shape index (κ3) is 2.09. The predicted octanol–water partition coefficient (Wildman–Crippen LogP) is 2.51. The molecule has 2 aromatic rings. The Bertz CT molecular complexity index is 541. The zero-order valence-electron chi connectivity index (χ0n) is 11.0. The first kappa shape index (κ1) is 12.6. The zero-order chi connectivity index (χ0) is 13.3. The summed E-state index contributed by atoms with van der Waals surface area (Å²) in [5, 5.41) is 3.95. The van der Waals surface area contributed by atoms with Gasteiger partial charge in [0.15, 0.2) is 0 Å². The van der Waals surface area contributed by atoms with E-state index in [1.807, 2.05) is 39.0 Å². The molecule has 1 heterocycles. The van der Waals surface area contributed by atoms with E-state index in [2.05, 4.69) is 10.1 Å². The van der Waals surface area contributed by atoms with Crippen LogP contribution in [0, 0.1) is 6.92 Å². The first-order chi connectivity index (χ1) is 8.45. The Balaban J connectivity index is 2.48. The minimum atomic E-state index is -0.584. The van der Waals surface area contributed by atoms with Gasteiger partial charge in [-0.3, -0.25) is 0 Å². The Morgan fingerprint density at radius 3 is 2.67 bits per heavy atom. The number of methoxy groups -OCH3 is 1. The SMILES string of the molecule is COC(C)(C)c1noc(-c2c(C)cccc2N)n1. The molecule has 0 radical (unpaired) electrons. The molecule has 96 valence electrons. The van der Waals surface area contributed by atoms with Crippen LogP contribution < -0.4 is 5.73 Å². The van der Waals surface area contributed by atoms with Crippen LogP contribution in [0.4, 0.5) is 5.69 Å². The Kier molecular flexibility index (Phi) is 3.09. The monoisotopic (exact) mass is 247 g/mol. The average Bonchev–Trinajstić information content (AvgIpc) is 2.79. The Morgan fingerprint density at radius 2 is 2.06 bits per heavy atom. The molecule has 2 N–H and O–H groups in total. The molecule has 1 aromatic carbocycles. The maximum absolute atomic E-state index is 5.95. The van der Waals surface area contributed by atoms with Crippen LogP contribution in [0.1, 0.15) is 25.2 Å². The number of rotatable bonds is 3. The quantitative estimate of drug-likeness (QED) is 0.843. The van der Waals surface area contributed by atoms with E-state index in [4.69, 9.17) is 15.0 Å². The molecular weight excluding hydrogens is 230 g/mol. The van der Waals surface area contributed by atoms with Crippen molar-refractivity contribution in [3.05, 3.63) is 29.6 Å². The highest BCUT2D eigenvalue weighted by atomic mass is 16.5.